The molecule has 1 N–H and O–H groups in total. The highest BCUT2D eigenvalue weighted by atomic mass is 35.5. The number of benzene rings is 3. The standard InChI is InChI=1S/C27H22ClN3O2S/c1-17-3-11-21(12-4-17)30-25(32)23(16-29)27-31(22-13-5-18(2)6-14-22)26(33)24(34-27)15-19-7-9-20(28)10-8-19/h3-14,24H,15H2,1-2H3,(H,30,32)/b27-23-/t24-/m1/s1. The Balaban J connectivity index is 1.71. The first kappa shape index (κ1) is 23.6. The first-order chi connectivity index (χ1) is 16.4. The lowest BCUT2D eigenvalue weighted by Crippen LogP contribution is -2.30. The Morgan fingerprint density at radius 1 is 1.00 bits per heavy atom. The molecule has 1 fully saturated rings. The molecule has 7 heteroatoms. The van der Waals surface area contributed by atoms with Gasteiger partial charge in [0.2, 0.25) is 5.91 Å². The Morgan fingerprint density at radius 3 is 2.18 bits per heavy atom. The van der Waals surface area contributed by atoms with Gasteiger partial charge < -0.3 is 5.32 Å². The molecule has 3 aromatic rings. The van der Waals surface area contributed by atoms with Gasteiger partial charge in [0, 0.05) is 16.4 Å². The van der Waals surface area contributed by atoms with Crippen LogP contribution >= 0.6 is 23.4 Å². The molecule has 0 aliphatic carbocycles. The number of rotatable bonds is 5. The van der Waals surface area contributed by atoms with Gasteiger partial charge in [-0.1, -0.05) is 70.9 Å². The second kappa shape index (κ2) is 10.2. The van der Waals surface area contributed by atoms with E-state index in [1.165, 1.54) is 16.7 Å². The molecule has 1 heterocycles. The van der Waals surface area contributed by atoms with Crippen molar-refractivity contribution in [1.82, 2.24) is 0 Å². The number of aryl methyl sites for hydroxylation is 2. The maximum absolute atomic E-state index is 13.5. The van der Waals surface area contributed by atoms with E-state index in [2.05, 4.69) is 5.32 Å². The molecule has 2 amide bonds. The SMILES string of the molecule is Cc1ccc(NC(=O)/C(C#N)=C2\S[C@H](Cc3ccc(Cl)cc3)C(=O)N2c2ccc(C)cc2)cc1. The molecule has 5 nitrogen and oxygen atoms in total. The van der Waals surface area contributed by atoms with Crippen LogP contribution in [-0.2, 0) is 16.0 Å². The lowest BCUT2D eigenvalue weighted by Gasteiger charge is -2.19. The van der Waals surface area contributed by atoms with Crippen molar-refractivity contribution in [3.05, 3.63) is 105 Å². The van der Waals surface area contributed by atoms with Gasteiger partial charge in [-0.05, 0) is 62.2 Å². The number of amides is 2. The summed E-state index contributed by atoms with van der Waals surface area (Å²) < 4.78 is 0. The predicted molar refractivity (Wildman–Crippen MR) is 138 cm³/mol. The van der Waals surface area contributed by atoms with Gasteiger partial charge in [-0.2, -0.15) is 5.26 Å². The quantitative estimate of drug-likeness (QED) is 0.352. The van der Waals surface area contributed by atoms with Gasteiger partial charge in [0.05, 0.1) is 5.25 Å². The maximum atomic E-state index is 13.5. The molecule has 1 atom stereocenters. The largest absolute Gasteiger partial charge is 0.321 e. The van der Waals surface area contributed by atoms with E-state index in [1.807, 2.05) is 68.4 Å². The Labute approximate surface area is 208 Å². The normalized spacial score (nSPS) is 16.8. The number of thioether (sulfide) groups is 1. The molecule has 1 saturated heterocycles. The molecule has 1 aliphatic rings. The number of nitriles is 1. The van der Waals surface area contributed by atoms with Crippen LogP contribution in [0, 0.1) is 25.2 Å². The average Bonchev–Trinajstić information content (AvgIpc) is 3.13. The van der Waals surface area contributed by atoms with Crippen molar-refractivity contribution in [2.75, 3.05) is 10.2 Å². The minimum absolute atomic E-state index is 0.0990. The van der Waals surface area contributed by atoms with Crippen molar-refractivity contribution in [2.45, 2.75) is 25.5 Å². The smallest absolute Gasteiger partial charge is 0.269 e. The van der Waals surface area contributed by atoms with Crippen molar-refractivity contribution >= 4 is 46.6 Å². The van der Waals surface area contributed by atoms with Gasteiger partial charge in [0.15, 0.2) is 0 Å². The van der Waals surface area contributed by atoms with Crippen LogP contribution in [0.5, 0.6) is 0 Å². The Morgan fingerprint density at radius 2 is 1.59 bits per heavy atom. The van der Waals surface area contributed by atoms with Crippen LogP contribution in [-0.4, -0.2) is 17.1 Å². The van der Waals surface area contributed by atoms with Crippen LogP contribution in [0.4, 0.5) is 11.4 Å². The van der Waals surface area contributed by atoms with E-state index in [-0.39, 0.29) is 11.5 Å². The zero-order chi connectivity index (χ0) is 24.2. The van der Waals surface area contributed by atoms with E-state index in [4.69, 9.17) is 11.6 Å². The Bertz CT molecular complexity index is 1290. The molecule has 0 spiro atoms. The number of halogens is 1. The highest BCUT2D eigenvalue weighted by Crippen LogP contribution is 2.42. The van der Waals surface area contributed by atoms with Gasteiger partial charge in [-0.25, -0.2) is 0 Å². The molecule has 0 unspecified atom stereocenters. The summed E-state index contributed by atoms with van der Waals surface area (Å²) in [6, 6.07) is 24.1. The van der Waals surface area contributed by atoms with Crippen LogP contribution < -0.4 is 10.2 Å². The molecule has 4 rings (SSSR count). The summed E-state index contributed by atoms with van der Waals surface area (Å²) in [4.78, 5) is 28.1. The fourth-order valence-electron chi connectivity index (χ4n) is 3.58. The van der Waals surface area contributed by atoms with Gasteiger partial charge in [-0.15, -0.1) is 0 Å². The molecule has 1 aliphatic heterocycles. The maximum Gasteiger partial charge on any atom is 0.269 e. The third-order valence-electron chi connectivity index (χ3n) is 5.44. The third kappa shape index (κ3) is 5.17. The third-order valence-corrected chi connectivity index (χ3v) is 6.96. The number of hydrogen-bond donors (Lipinski definition) is 1. The Hall–Kier alpha value is -3.53. The van der Waals surface area contributed by atoms with Crippen molar-refractivity contribution in [3.63, 3.8) is 0 Å². The molecular weight excluding hydrogens is 466 g/mol. The molecule has 0 aromatic heterocycles. The zero-order valence-corrected chi connectivity index (χ0v) is 20.3. The molecule has 0 saturated carbocycles. The summed E-state index contributed by atoms with van der Waals surface area (Å²) in [5, 5.41) is 13.2. The molecule has 34 heavy (non-hydrogen) atoms. The van der Waals surface area contributed by atoms with Crippen molar-refractivity contribution in [3.8, 4) is 6.07 Å². The van der Waals surface area contributed by atoms with Gasteiger partial charge in [0.25, 0.3) is 5.91 Å². The summed E-state index contributed by atoms with van der Waals surface area (Å²) in [6.45, 7) is 3.91. The lowest BCUT2D eigenvalue weighted by atomic mass is 10.1. The first-order valence-corrected chi connectivity index (χ1v) is 12.0. The number of carbonyl (C=O) groups excluding carboxylic acids is 2. The topological polar surface area (TPSA) is 73.2 Å². The Kier molecular flexibility index (Phi) is 7.06. The van der Waals surface area contributed by atoms with Crippen LogP contribution in [0.25, 0.3) is 0 Å². The van der Waals surface area contributed by atoms with Crippen LogP contribution in [0.1, 0.15) is 16.7 Å². The number of carbonyl (C=O) groups is 2. The number of hydrogen-bond acceptors (Lipinski definition) is 4. The van der Waals surface area contributed by atoms with Crippen molar-refractivity contribution in [2.24, 2.45) is 0 Å². The zero-order valence-electron chi connectivity index (χ0n) is 18.7. The van der Waals surface area contributed by atoms with E-state index in [9.17, 15) is 14.9 Å². The van der Waals surface area contributed by atoms with E-state index in [0.29, 0.717) is 27.8 Å². The lowest BCUT2D eigenvalue weighted by molar-refractivity contribution is -0.117. The van der Waals surface area contributed by atoms with Crippen molar-refractivity contribution < 1.29 is 9.59 Å². The molecule has 170 valence electrons. The van der Waals surface area contributed by atoms with E-state index in [1.54, 1.807) is 24.3 Å². The molecular formula is C27H22ClN3O2S. The monoisotopic (exact) mass is 487 g/mol. The van der Waals surface area contributed by atoms with E-state index in [0.717, 1.165) is 16.7 Å². The molecule has 0 radical (unpaired) electrons. The van der Waals surface area contributed by atoms with Gasteiger partial charge in [0.1, 0.15) is 16.7 Å². The van der Waals surface area contributed by atoms with Crippen LogP contribution in [0.15, 0.2) is 83.4 Å². The van der Waals surface area contributed by atoms with Crippen LogP contribution in [0.2, 0.25) is 5.02 Å². The minimum atomic E-state index is -0.550. The number of nitrogens with one attached hydrogen (secondary N) is 1. The minimum Gasteiger partial charge on any atom is -0.321 e. The van der Waals surface area contributed by atoms with Crippen LogP contribution in [0.3, 0.4) is 0 Å². The summed E-state index contributed by atoms with van der Waals surface area (Å²) in [6.07, 6.45) is 0.449. The predicted octanol–water partition coefficient (Wildman–Crippen LogP) is 6.02. The summed E-state index contributed by atoms with van der Waals surface area (Å²) >= 11 is 7.24. The second-order valence-corrected chi connectivity index (χ2v) is 9.69. The van der Waals surface area contributed by atoms with E-state index < -0.39 is 11.2 Å². The molecule has 3 aromatic carbocycles. The first-order valence-electron chi connectivity index (χ1n) is 10.7. The summed E-state index contributed by atoms with van der Waals surface area (Å²) in [7, 11) is 0. The summed E-state index contributed by atoms with van der Waals surface area (Å²) in [5.41, 5.74) is 4.15. The molecule has 0 bridgehead atoms. The number of nitrogens with zero attached hydrogens (tertiary/aromatic N) is 2. The number of anilines is 2. The average molecular weight is 488 g/mol. The fourth-order valence-corrected chi connectivity index (χ4v) is 5.02. The van der Waals surface area contributed by atoms with Gasteiger partial charge >= 0.3 is 0 Å². The van der Waals surface area contributed by atoms with Gasteiger partial charge in [-0.3, -0.25) is 14.5 Å². The van der Waals surface area contributed by atoms with Crippen molar-refractivity contribution in [1.29, 1.82) is 5.26 Å². The highest BCUT2D eigenvalue weighted by Gasteiger charge is 2.40. The second-order valence-electron chi connectivity index (χ2n) is 8.06. The van der Waals surface area contributed by atoms with E-state index >= 15 is 0 Å². The fraction of sp³-hybridized carbons (Fsp3) is 0.148. The highest BCUT2D eigenvalue weighted by molar-refractivity contribution is 8.05. The summed E-state index contributed by atoms with van der Waals surface area (Å²) in [5.74, 6) is -0.722.